The molecule has 6 heteroatoms. The highest BCUT2D eigenvalue weighted by atomic mass is 16.5. The van der Waals surface area contributed by atoms with Crippen LogP contribution >= 0.6 is 0 Å². The second kappa shape index (κ2) is 13.9. The van der Waals surface area contributed by atoms with Gasteiger partial charge in [-0.15, -0.1) is 0 Å². The molecule has 0 saturated carbocycles. The number of carboxylic acid groups (broad SMARTS) is 1. The van der Waals surface area contributed by atoms with Crippen LogP contribution < -0.4 is 0 Å². The molecule has 1 amide bonds. The van der Waals surface area contributed by atoms with Crippen molar-refractivity contribution in [3.05, 3.63) is 42.0 Å². The summed E-state index contributed by atoms with van der Waals surface area (Å²) in [7, 11) is 0. The molecular formula is C24H36N2O4. The van der Waals surface area contributed by atoms with Gasteiger partial charge in [0.2, 0.25) is 5.91 Å². The van der Waals surface area contributed by atoms with Crippen LogP contribution in [0.1, 0.15) is 38.2 Å². The molecule has 2 aliphatic rings. The number of nitrogens with zero attached hydrogens (tertiary/aromatic N) is 2. The lowest BCUT2D eigenvalue weighted by Gasteiger charge is -2.40. The smallest absolute Gasteiger partial charge is 0.290 e. The number of hydrogen-bond donors (Lipinski definition) is 1. The van der Waals surface area contributed by atoms with E-state index in [0.717, 1.165) is 63.1 Å². The van der Waals surface area contributed by atoms with Gasteiger partial charge < -0.3 is 19.6 Å². The van der Waals surface area contributed by atoms with Crippen molar-refractivity contribution in [3.63, 3.8) is 0 Å². The lowest BCUT2D eigenvalue weighted by atomic mass is 9.79. The van der Waals surface area contributed by atoms with Crippen LogP contribution in [0.2, 0.25) is 0 Å². The number of carbonyl (C=O) groups excluding carboxylic acids is 1. The van der Waals surface area contributed by atoms with Crippen LogP contribution in [0, 0.1) is 11.8 Å². The molecule has 1 N–H and O–H groups in total. The van der Waals surface area contributed by atoms with Crippen molar-refractivity contribution in [2.45, 2.75) is 32.6 Å². The molecule has 0 spiro atoms. The minimum atomic E-state index is -0.250. The largest absolute Gasteiger partial charge is 0.483 e. The fourth-order valence-corrected chi connectivity index (χ4v) is 4.41. The lowest BCUT2D eigenvalue weighted by Crippen LogP contribution is -2.42. The van der Waals surface area contributed by atoms with E-state index >= 15 is 0 Å². The maximum atomic E-state index is 12.4. The molecule has 0 aromatic heterocycles. The molecule has 3 rings (SSSR count). The quantitative estimate of drug-likeness (QED) is 0.419. The summed E-state index contributed by atoms with van der Waals surface area (Å²) in [4.78, 5) is 25.4. The summed E-state index contributed by atoms with van der Waals surface area (Å²) >= 11 is 0. The van der Waals surface area contributed by atoms with E-state index in [1.807, 2.05) is 41.3 Å². The van der Waals surface area contributed by atoms with Crippen LogP contribution in [0.4, 0.5) is 0 Å². The van der Waals surface area contributed by atoms with Crippen molar-refractivity contribution >= 4 is 18.5 Å². The van der Waals surface area contributed by atoms with Gasteiger partial charge in [-0.05, 0) is 69.2 Å². The molecule has 2 heterocycles. The van der Waals surface area contributed by atoms with Gasteiger partial charge in [0.1, 0.15) is 0 Å². The SMILES string of the molecule is CCOCCN1CCC(C2CCN(C(=O)C=Cc3ccccc3)CC2)CC1.O=CO. The highest BCUT2D eigenvalue weighted by Gasteiger charge is 2.30. The zero-order valence-electron chi connectivity index (χ0n) is 18.1. The van der Waals surface area contributed by atoms with Gasteiger partial charge in [0.05, 0.1) is 6.61 Å². The number of ether oxygens (including phenoxy) is 1. The summed E-state index contributed by atoms with van der Waals surface area (Å²) in [5.74, 6) is 1.79. The Hall–Kier alpha value is -2.18. The summed E-state index contributed by atoms with van der Waals surface area (Å²) in [6, 6.07) is 10.0. The van der Waals surface area contributed by atoms with E-state index in [1.165, 1.54) is 25.9 Å². The molecule has 166 valence electrons. The Morgan fingerprint density at radius 3 is 2.20 bits per heavy atom. The zero-order chi connectivity index (χ0) is 21.6. The number of carbonyl (C=O) groups is 2. The molecule has 2 fully saturated rings. The molecular weight excluding hydrogens is 380 g/mol. The Morgan fingerprint density at radius 1 is 1.07 bits per heavy atom. The first-order valence-electron chi connectivity index (χ1n) is 11.1. The third kappa shape index (κ3) is 8.28. The number of benzene rings is 1. The lowest BCUT2D eigenvalue weighted by molar-refractivity contribution is -0.127. The first kappa shape index (κ1) is 24.1. The molecule has 0 radical (unpaired) electrons. The fraction of sp³-hybridized carbons (Fsp3) is 0.583. The average molecular weight is 417 g/mol. The fourth-order valence-electron chi connectivity index (χ4n) is 4.41. The highest BCUT2D eigenvalue weighted by molar-refractivity contribution is 5.91. The Morgan fingerprint density at radius 2 is 1.63 bits per heavy atom. The van der Waals surface area contributed by atoms with Gasteiger partial charge in [-0.25, -0.2) is 0 Å². The summed E-state index contributed by atoms with van der Waals surface area (Å²) in [6.45, 7) is 8.78. The van der Waals surface area contributed by atoms with Gasteiger partial charge in [0.25, 0.3) is 6.47 Å². The van der Waals surface area contributed by atoms with E-state index in [-0.39, 0.29) is 12.4 Å². The molecule has 2 aliphatic heterocycles. The Balaban J connectivity index is 0.00000101. The third-order valence-corrected chi connectivity index (χ3v) is 6.12. The summed E-state index contributed by atoms with van der Waals surface area (Å²) in [5, 5.41) is 6.89. The first-order valence-corrected chi connectivity index (χ1v) is 11.1. The Bertz CT molecular complexity index is 634. The van der Waals surface area contributed by atoms with Gasteiger partial charge in [-0.1, -0.05) is 30.3 Å². The van der Waals surface area contributed by atoms with Gasteiger partial charge in [-0.3, -0.25) is 9.59 Å². The normalized spacial score (nSPS) is 18.8. The van der Waals surface area contributed by atoms with Crippen LogP contribution in [-0.4, -0.2) is 73.2 Å². The summed E-state index contributed by atoms with van der Waals surface area (Å²) in [6.07, 6.45) is 8.58. The van der Waals surface area contributed by atoms with Gasteiger partial charge >= 0.3 is 0 Å². The van der Waals surface area contributed by atoms with E-state index in [4.69, 9.17) is 14.6 Å². The van der Waals surface area contributed by atoms with Crippen LogP contribution in [-0.2, 0) is 14.3 Å². The molecule has 2 saturated heterocycles. The van der Waals surface area contributed by atoms with E-state index in [1.54, 1.807) is 6.08 Å². The monoisotopic (exact) mass is 416 g/mol. The van der Waals surface area contributed by atoms with Crippen molar-refractivity contribution in [1.82, 2.24) is 9.80 Å². The predicted octanol–water partition coefficient (Wildman–Crippen LogP) is 3.39. The maximum absolute atomic E-state index is 12.4. The second-order valence-electron chi connectivity index (χ2n) is 7.89. The van der Waals surface area contributed by atoms with Gasteiger partial charge in [0.15, 0.2) is 0 Å². The molecule has 0 atom stereocenters. The number of likely N-dealkylation sites (tertiary alicyclic amines) is 2. The van der Waals surface area contributed by atoms with Crippen molar-refractivity contribution in [2.75, 3.05) is 45.9 Å². The van der Waals surface area contributed by atoms with E-state index in [2.05, 4.69) is 11.8 Å². The molecule has 6 nitrogen and oxygen atoms in total. The number of rotatable bonds is 7. The standard InChI is InChI=1S/C23H34N2O2.CH2O2/c1-2-27-19-18-24-14-10-21(11-15-24)22-12-16-25(17-13-22)23(26)9-8-20-6-4-3-5-7-20;2-1-3/h3-9,21-22H,2,10-19H2,1H3;1H,(H,2,3). The average Bonchev–Trinajstić information content (AvgIpc) is 2.79. The van der Waals surface area contributed by atoms with Crippen molar-refractivity contribution < 1.29 is 19.4 Å². The topological polar surface area (TPSA) is 70.1 Å². The minimum absolute atomic E-state index is 0.156. The highest BCUT2D eigenvalue weighted by Crippen LogP contribution is 2.32. The van der Waals surface area contributed by atoms with Crippen LogP contribution in [0.5, 0.6) is 0 Å². The van der Waals surface area contributed by atoms with Crippen molar-refractivity contribution in [3.8, 4) is 0 Å². The molecule has 30 heavy (non-hydrogen) atoms. The van der Waals surface area contributed by atoms with Crippen LogP contribution in [0.25, 0.3) is 6.08 Å². The third-order valence-electron chi connectivity index (χ3n) is 6.12. The van der Waals surface area contributed by atoms with Crippen molar-refractivity contribution in [1.29, 1.82) is 0 Å². The van der Waals surface area contributed by atoms with Crippen LogP contribution in [0.3, 0.4) is 0 Å². The number of amides is 1. The van der Waals surface area contributed by atoms with Gasteiger partial charge in [0, 0.05) is 32.3 Å². The molecule has 1 aromatic carbocycles. The first-order chi connectivity index (χ1) is 14.7. The summed E-state index contributed by atoms with van der Waals surface area (Å²) < 4.78 is 5.48. The van der Waals surface area contributed by atoms with Crippen molar-refractivity contribution in [2.24, 2.45) is 11.8 Å². The van der Waals surface area contributed by atoms with Crippen LogP contribution in [0.15, 0.2) is 36.4 Å². The number of hydrogen-bond acceptors (Lipinski definition) is 4. The second-order valence-corrected chi connectivity index (χ2v) is 7.89. The molecule has 0 bridgehead atoms. The predicted molar refractivity (Wildman–Crippen MR) is 119 cm³/mol. The number of piperidine rings is 2. The molecule has 0 unspecified atom stereocenters. The maximum Gasteiger partial charge on any atom is 0.290 e. The Labute approximate surface area is 180 Å². The Kier molecular flexibility index (Phi) is 11.2. The molecule has 1 aromatic rings. The van der Waals surface area contributed by atoms with E-state index in [0.29, 0.717) is 0 Å². The molecule has 0 aliphatic carbocycles. The summed E-state index contributed by atoms with van der Waals surface area (Å²) in [5.41, 5.74) is 1.08. The minimum Gasteiger partial charge on any atom is -0.483 e. The van der Waals surface area contributed by atoms with E-state index in [9.17, 15) is 4.79 Å². The van der Waals surface area contributed by atoms with Gasteiger partial charge in [-0.2, -0.15) is 0 Å². The van der Waals surface area contributed by atoms with E-state index < -0.39 is 0 Å². The zero-order valence-corrected chi connectivity index (χ0v) is 18.1.